The molecule has 4 rings (SSSR count). The third kappa shape index (κ3) is 1.86. The van der Waals surface area contributed by atoms with E-state index in [4.69, 9.17) is 11.6 Å². The summed E-state index contributed by atoms with van der Waals surface area (Å²) >= 11 is 6.48. The van der Waals surface area contributed by atoms with E-state index >= 15 is 0 Å². The number of fused-ring (bicyclic) bond motifs is 5. The second-order valence-electron chi connectivity index (χ2n) is 9.11. The molecule has 114 valence electrons. The van der Waals surface area contributed by atoms with Gasteiger partial charge in [0.1, 0.15) is 0 Å². The van der Waals surface area contributed by atoms with Gasteiger partial charge < -0.3 is 0 Å². The monoisotopic (exact) mass is 294 g/mol. The summed E-state index contributed by atoms with van der Waals surface area (Å²) < 4.78 is 0. The zero-order valence-electron chi connectivity index (χ0n) is 13.3. The summed E-state index contributed by atoms with van der Waals surface area (Å²) in [7, 11) is 0. The van der Waals surface area contributed by atoms with E-state index in [1.807, 2.05) is 0 Å². The Morgan fingerprint density at radius 2 is 1.70 bits per heavy atom. The van der Waals surface area contributed by atoms with Crippen molar-refractivity contribution >= 4 is 11.6 Å². The van der Waals surface area contributed by atoms with Gasteiger partial charge in [0.2, 0.25) is 0 Å². The van der Waals surface area contributed by atoms with Crippen LogP contribution in [0.2, 0.25) is 0 Å². The average Bonchev–Trinajstić information content (AvgIpc) is 2.81. The molecule has 6 unspecified atom stereocenters. The summed E-state index contributed by atoms with van der Waals surface area (Å²) in [6.45, 7) is 5.26. The van der Waals surface area contributed by atoms with Gasteiger partial charge >= 0.3 is 0 Å². The maximum absolute atomic E-state index is 6.48. The number of alkyl halides is 1. The van der Waals surface area contributed by atoms with Gasteiger partial charge in [-0.1, -0.05) is 20.3 Å². The zero-order chi connectivity index (χ0) is 14.0. The van der Waals surface area contributed by atoms with Crippen molar-refractivity contribution in [1.82, 2.24) is 0 Å². The fraction of sp³-hybridized carbons (Fsp3) is 1.00. The fourth-order valence-corrected chi connectivity index (χ4v) is 7.52. The van der Waals surface area contributed by atoms with Crippen molar-refractivity contribution in [3.05, 3.63) is 0 Å². The van der Waals surface area contributed by atoms with Gasteiger partial charge in [-0.15, -0.1) is 11.6 Å². The summed E-state index contributed by atoms with van der Waals surface area (Å²) in [4.78, 5) is 0. The van der Waals surface area contributed by atoms with Crippen molar-refractivity contribution in [3.8, 4) is 0 Å². The topological polar surface area (TPSA) is 0 Å². The van der Waals surface area contributed by atoms with Crippen molar-refractivity contribution in [2.75, 3.05) is 0 Å². The molecule has 0 saturated heterocycles. The Kier molecular flexibility index (Phi) is 3.23. The molecule has 4 fully saturated rings. The minimum absolute atomic E-state index is 0.477. The molecule has 0 nitrogen and oxygen atoms in total. The molecule has 20 heavy (non-hydrogen) atoms. The molecule has 0 N–H and O–H groups in total. The van der Waals surface area contributed by atoms with Crippen LogP contribution in [0.25, 0.3) is 0 Å². The molecular weight excluding hydrogens is 264 g/mol. The summed E-state index contributed by atoms with van der Waals surface area (Å²) in [6.07, 6.45) is 14.6. The maximum atomic E-state index is 6.48. The first-order chi connectivity index (χ1) is 9.53. The second kappa shape index (κ2) is 4.64. The molecule has 0 aromatic heterocycles. The lowest BCUT2D eigenvalue weighted by Gasteiger charge is -2.60. The molecule has 7 atom stereocenters. The van der Waals surface area contributed by atoms with E-state index < -0.39 is 0 Å². The molecule has 0 aromatic carbocycles. The van der Waals surface area contributed by atoms with Crippen LogP contribution in [0.3, 0.4) is 0 Å². The molecule has 4 saturated carbocycles. The SMILES string of the molecule is CC12CCCC1C1CC[C@@H]3CC(Cl)CCC3(C)C1CC2. The highest BCUT2D eigenvalue weighted by Gasteiger charge is 2.57. The summed E-state index contributed by atoms with van der Waals surface area (Å²) in [5.41, 5.74) is 1.35. The Labute approximate surface area is 130 Å². The smallest absolute Gasteiger partial charge is 0.0339 e. The van der Waals surface area contributed by atoms with Crippen LogP contribution in [0.5, 0.6) is 0 Å². The predicted octanol–water partition coefficient (Wildman–Crippen LogP) is 6.03. The van der Waals surface area contributed by atoms with Crippen molar-refractivity contribution < 1.29 is 0 Å². The number of hydrogen-bond donors (Lipinski definition) is 0. The molecule has 0 spiro atoms. The lowest BCUT2D eigenvalue weighted by atomic mass is 9.45. The van der Waals surface area contributed by atoms with E-state index in [0.29, 0.717) is 16.2 Å². The van der Waals surface area contributed by atoms with E-state index in [9.17, 15) is 0 Å². The van der Waals surface area contributed by atoms with Crippen LogP contribution in [0.4, 0.5) is 0 Å². The fourth-order valence-electron chi connectivity index (χ4n) is 7.20. The quantitative estimate of drug-likeness (QED) is 0.479. The Bertz CT molecular complexity index is 391. The average molecular weight is 295 g/mol. The molecule has 0 heterocycles. The normalized spacial score (nSPS) is 58.6. The lowest BCUT2D eigenvalue weighted by molar-refractivity contribution is -0.102. The third-order valence-corrected chi connectivity index (χ3v) is 8.78. The third-order valence-electron chi connectivity index (χ3n) is 8.38. The number of halogens is 1. The van der Waals surface area contributed by atoms with Crippen molar-refractivity contribution in [3.63, 3.8) is 0 Å². The van der Waals surface area contributed by atoms with Crippen LogP contribution in [0, 0.1) is 34.5 Å². The number of hydrogen-bond acceptors (Lipinski definition) is 0. The Morgan fingerprint density at radius 3 is 2.55 bits per heavy atom. The van der Waals surface area contributed by atoms with Gasteiger partial charge in [-0.25, -0.2) is 0 Å². The Balaban J connectivity index is 1.62. The van der Waals surface area contributed by atoms with Gasteiger partial charge in [0.15, 0.2) is 0 Å². The minimum Gasteiger partial charge on any atom is -0.123 e. The maximum Gasteiger partial charge on any atom is 0.0339 e. The molecule has 1 heteroatoms. The Morgan fingerprint density at radius 1 is 0.850 bits per heavy atom. The molecule has 0 bridgehead atoms. The van der Waals surface area contributed by atoms with E-state index in [-0.39, 0.29) is 0 Å². The highest BCUT2D eigenvalue weighted by Crippen LogP contribution is 2.66. The Hall–Kier alpha value is 0.290. The largest absolute Gasteiger partial charge is 0.123 e. The molecular formula is C19H31Cl. The summed E-state index contributed by atoms with van der Waals surface area (Å²) in [5.74, 6) is 4.09. The first-order valence-corrected chi connectivity index (χ1v) is 9.61. The highest BCUT2D eigenvalue weighted by atomic mass is 35.5. The molecule has 0 radical (unpaired) electrons. The van der Waals surface area contributed by atoms with Gasteiger partial charge in [0, 0.05) is 5.38 Å². The highest BCUT2D eigenvalue weighted by molar-refractivity contribution is 6.20. The van der Waals surface area contributed by atoms with Crippen LogP contribution < -0.4 is 0 Å². The molecule has 0 amide bonds. The summed E-state index contributed by atoms with van der Waals surface area (Å²) in [6, 6.07) is 0. The molecule has 0 aromatic rings. The van der Waals surface area contributed by atoms with E-state index in [1.54, 1.807) is 0 Å². The van der Waals surface area contributed by atoms with Gasteiger partial charge in [-0.3, -0.25) is 0 Å². The molecule has 4 aliphatic carbocycles. The number of rotatable bonds is 0. The first-order valence-electron chi connectivity index (χ1n) is 9.17. The summed E-state index contributed by atoms with van der Waals surface area (Å²) in [5, 5.41) is 0.477. The predicted molar refractivity (Wildman–Crippen MR) is 86.0 cm³/mol. The van der Waals surface area contributed by atoms with Crippen LogP contribution >= 0.6 is 11.6 Å². The van der Waals surface area contributed by atoms with Gasteiger partial charge in [-0.05, 0) is 92.3 Å². The van der Waals surface area contributed by atoms with Crippen LogP contribution in [0.1, 0.15) is 78.1 Å². The van der Waals surface area contributed by atoms with Gasteiger partial charge in [0.25, 0.3) is 0 Å². The van der Waals surface area contributed by atoms with Crippen LogP contribution in [-0.2, 0) is 0 Å². The molecule has 4 aliphatic rings. The van der Waals surface area contributed by atoms with Gasteiger partial charge in [0.05, 0.1) is 0 Å². The van der Waals surface area contributed by atoms with E-state index in [0.717, 1.165) is 23.7 Å². The standard InChI is InChI=1S/C19H31Cl/c1-18-9-3-4-16(18)15-6-5-13-12-14(20)7-11-19(13,2)17(15)8-10-18/h13-17H,3-12H2,1-2H3/t13-,14?,15?,16?,17?,18?,19?/m1/s1. The lowest BCUT2D eigenvalue weighted by Crippen LogP contribution is -2.52. The van der Waals surface area contributed by atoms with Gasteiger partial charge in [-0.2, -0.15) is 0 Å². The molecule has 0 aliphatic heterocycles. The zero-order valence-corrected chi connectivity index (χ0v) is 14.1. The van der Waals surface area contributed by atoms with Crippen LogP contribution in [0.15, 0.2) is 0 Å². The first kappa shape index (κ1) is 13.9. The minimum atomic E-state index is 0.477. The van der Waals surface area contributed by atoms with Crippen LogP contribution in [-0.4, -0.2) is 5.38 Å². The van der Waals surface area contributed by atoms with E-state index in [1.165, 1.54) is 64.2 Å². The van der Waals surface area contributed by atoms with Crippen molar-refractivity contribution in [2.45, 2.75) is 83.4 Å². The van der Waals surface area contributed by atoms with E-state index in [2.05, 4.69) is 13.8 Å². The second-order valence-corrected chi connectivity index (χ2v) is 9.73. The van der Waals surface area contributed by atoms with Crippen molar-refractivity contribution in [1.29, 1.82) is 0 Å². The van der Waals surface area contributed by atoms with Crippen molar-refractivity contribution in [2.24, 2.45) is 34.5 Å².